The molecule has 0 atom stereocenters. The van der Waals surface area contributed by atoms with E-state index in [1.54, 1.807) is 12.1 Å². The highest BCUT2D eigenvalue weighted by atomic mass is 32.3. The third-order valence-corrected chi connectivity index (χ3v) is 3.07. The van der Waals surface area contributed by atoms with E-state index in [0.29, 0.717) is 5.56 Å². The largest absolute Gasteiger partial charge is 0.726 e. The maximum atomic E-state index is 10.2. The van der Waals surface area contributed by atoms with Crippen molar-refractivity contribution >= 4 is 27.4 Å². The van der Waals surface area contributed by atoms with E-state index in [4.69, 9.17) is 0 Å². The van der Waals surface area contributed by atoms with Gasteiger partial charge < -0.3 is 9.66 Å². The summed E-state index contributed by atoms with van der Waals surface area (Å²) in [5.74, 6) is 0.0739. The highest BCUT2D eigenvalue weighted by Crippen LogP contribution is 2.25. The average Bonchev–Trinajstić information content (AvgIpc) is 2.39. The third-order valence-electron chi connectivity index (χ3n) is 2.62. The van der Waals surface area contributed by atoms with Crippen molar-refractivity contribution in [1.29, 1.82) is 0 Å². The van der Waals surface area contributed by atoms with Gasteiger partial charge >= 0.3 is 0 Å². The number of hydrogen-bond donors (Lipinski definition) is 1. The molecule has 0 saturated carbocycles. The molecule has 0 bridgehead atoms. The second kappa shape index (κ2) is 6.00. The summed E-state index contributed by atoms with van der Waals surface area (Å²) in [6.07, 6.45) is 1.43. The molecular formula is C13H12NO5S-. The predicted octanol–water partition coefficient (Wildman–Crippen LogP) is 1.44. The van der Waals surface area contributed by atoms with Gasteiger partial charge in [-0.1, -0.05) is 30.3 Å². The number of nitrogens with zero attached hydrogens (tertiary/aromatic N) is 1. The minimum atomic E-state index is -4.69. The van der Waals surface area contributed by atoms with Crippen molar-refractivity contribution in [1.82, 2.24) is 0 Å². The lowest BCUT2D eigenvalue weighted by Crippen LogP contribution is -2.07. The number of aromatic hydroxyl groups is 1. The van der Waals surface area contributed by atoms with Crippen LogP contribution in [0, 0.1) is 0 Å². The molecule has 0 aromatic heterocycles. The summed E-state index contributed by atoms with van der Waals surface area (Å²) < 4.78 is 34.7. The summed E-state index contributed by atoms with van der Waals surface area (Å²) in [5, 5.41) is 11.6. The van der Waals surface area contributed by atoms with Gasteiger partial charge in [-0.25, -0.2) is 8.42 Å². The van der Waals surface area contributed by atoms with Crippen molar-refractivity contribution in [2.75, 3.05) is 13.2 Å². The fourth-order valence-corrected chi connectivity index (χ4v) is 2.05. The molecule has 7 heteroatoms. The van der Waals surface area contributed by atoms with Crippen LogP contribution in [-0.4, -0.2) is 37.4 Å². The van der Waals surface area contributed by atoms with Crippen LogP contribution in [-0.2, 0) is 14.6 Å². The zero-order valence-corrected chi connectivity index (χ0v) is 11.2. The van der Waals surface area contributed by atoms with Crippen LogP contribution in [0.2, 0.25) is 0 Å². The first kappa shape index (κ1) is 14.4. The molecule has 0 unspecified atom stereocenters. The van der Waals surface area contributed by atoms with Gasteiger partial charge in [-0.3, -0.25) is 9.18 Å². The summed E-state index contributed by atoms with van der Waals surface area (Å²) >= 11 is 0. The Morgan fingerprint density at radius 3 is 2.75 bits per heavy atom. The van der Waals surface area contributed by atoms with E-state index in [9.17, 15) is 18.1 Å². The van der Waals surface area contributed by atoms with Crippen molar-refractivity contribution in [3.05, 3.63) is 42.0 Å². The predicted molar refractivity (Wildman–Crippen MR) is 73.7 cm³/mol. The van der Waals surface area contributed by atoms with Gasteiger partial charge in [0.15, 0.2) is 0 Å². The fraction of sp³-hybridized carbons (Fsp3) is 0.154. The van der Waals surface area contributed by atoms with E-state index in [1.807, 2.05) is 24.3 Å². The van der Waals surface area contributed by atoms with E-state index in [1.165, 1.54) is 6.21 Å². The van der Waals surface area contributed by atoms with Gasteiger partial charge in [0.2, 0.25) is 10.4 Å². The van der Waals surface area contributed by atoms with E-state index < -0.39 is 10.4 Å². The first-order chi connectivity index (χ1) is 9.47. The Morgan fingerprint density at radius 1 is 1.25 bits per heavy atom. The summed E-state index contributed by atoms with van der Waals surface area (Å²) in [5.41, 5.74) is 0.535. The third kappa shape index (κ3) is 3.77. The quantitative estimate of drug-likeness (QED) is 0.389. The van der Waals surface area contributed by atoms with Crippen LogP contribution in [0.1, 0.15) is 5.56 Å². The van der Waals surface area contributed by atoms with Gasteiger partial charge in [-0.15, -0.1) is 0 Å². The van der Waals surface area contributed by atoms with Crippen LogP contribution >= 0.6 is 0 Å². The average molecular weight is 294 g/mol. The number of phenols is 1. The summed E-state index contributed by atoms with van der Waals surface area (Å²) in [6.45, 7) is -0.321. The minimum Gasteiger partial charge on any atom is -0.726 e. The topological polar surface area (TPSA) is 99.0 Å². The second-order valence-corrected chi connectivity index (χ2v) is 5.04. The lowest BCUT2D eigenvalue weighted by molar-refractivity contribution is 0.269. The Kier molecular flexibility index (Phi) is 4.33. The highest BCUT2D eigenvalue weighted by Gasteiger charge is 2.03. The van der Waals surface area contributed by atoms with Crippen LogP contribution in [0.15, 0.2) is 41.4 Å². The molecule has 0 heterocycles. The smallest absolute Gasteiger partial charge is 0.217 e. The molecule has 2 aromatic rings. The number of rotatable bonds is 5. The van der Waals surface area contributed by atoms with Crippen LogP contribution < -0.4 is 0 Å². The summed E-state index contributed by atoms with van der Waals surface area (Å²) in [6, 6.07) is 10.8. The van der Waals surface area contributed by atoms with Gasteiger partial charge in [0.1, 0.15) is 5.75 Å². The highest BCUT2D eigenvalue weighted by molar-refractivity contribution is 7.80. The Bertz CT molecular complexity index is 740. The Morgan fingerprint density at radius 2 is 2.00 bits per heavy atom. The van der Waals surface area contributed by atoms with E-state index in [-0.39, 0.29) is 18.9 Å². The molecule has 0 amide bonds. The molecule has 0 fully saturated rings. The first-order valence-electron chi connectivity index (χ1n) is 5.78. The van der Waals surface area contributed by atoms with Gasteiger partial charge in [-0.2, -0.15) is 0 Å². The molecule has 0 aliphatic rings. The number of fused-ring (bicyclic) bond motifs is 1. The Balaban J connectivity index is 2.15. The van der Waals surface area contributed by atoms with E-state index >= 15 is 0 Å². The van der Waals surface area contributed by atoms with Crippen molar-refractivity contribution < 1.29 is 22.3 Å². The molecule has 2 rings (SSSR count). The lowest BCUT2D eigenvalue weighted by Gasteiger charge is -2.06. The number of benzene rings is 2. The minimum absolute atomic E-state index is 0.00410. The van der Waals surface area contributed by atoms with Crippen LogP contribution in [0.25, 0.3) is 10.8 Å². The van der Waals surface area contributed by atoms with Crippen molar-refractivity contribution in [2.45, 2.75) is 0 Å². The summed E-state index contributed by atoms with van der Waals surface area (Å²) in [4.78, 5) is 3.94. The van der Waals surface area contributed by atoms with Crippen LogP contribution in [0.5, 0.6) is 5.75 Å². The zero-order chi connectivity index (χ0) is 14.6. The number of hydrogen-bond acceptors (Lipinski definition) is 6. The lowest BCUT2D eigenvalue weighted by atomic mass is 10.0. The molecular weight excluding hydrogens is 282 g/mol. The van der Waals surface area contributed by atoms with Crippen molar-refractivity contribution in [3.8, 4) is 5.75 Å². The Hall–Kier alpha value is -1.96. The number of aliphatic imine (C=N–C) groups is 1. The van der Waals surface area contributed by atoms with Crippen LogP contribution in [0.4, 0.5) is 0 Å². The maximum Gasteiger partial charge on any atom is 0.217 e. The number of phenolic OH excluding ortho intramolecular Hbond substituents is 1. The molecule has 0 aliphatic carbocycles. The van der Waals surface area contributed by atoms with E-state index in [0.717, 1.165) is 10.8 Å². The van der Waals surface area contributed by atoms with Gasteiger partial charge in [-0.05, 0) is 16.8 Å². The molecule has 20 heavy (non-hydrogen) atoms. The maximum absolute atomic E-state index is 10.2. The molecule has 6 nitrogen and oxygen atoms in total. The zero-order valence-electron chi connectivity index (χ0n) is 10.4. The summed E-state index contributed by atoms with van der Waals surface area (Å²) in [7, 11) is -4.69. The fourth-order valence-electron chi connectivity index (χ4n) is 1.77. The van der Waals surface area contributed by atoms with Crippen molar-refractivity contribution in [3.63, 3.8) is 0 Å². The Labute approximate surface area is 116 Å². The SMILES string of the molecule is O=S(=O)([O-])OCCN=Cc1c(O)ccc2ccccc12. The normalized spacial score (nSPS) is 12.2. The molecule has 2 aromatic carbocycles. The van der Waals surface area contributed by atoms with Gasteiger partial charge in [0.05, 0.1) is 13.2 Å². The molecule has 0 radical (unpaired) electrons. The van der Waals surface area contributed by atoms with E-state index in [2.05, 4.69) is 9.18 Å². The molecule has 106 valence electrons. The molecule has 1 N–H and O–H groups in total. The van der Waals surface area contributed by atoms with Crippen LogP contribution in [0.3, 0.4) is 0 Å². The van der Waals surface area contributed by atoms with Gasteiger partial charge in [0.25, 0.3) is 0 Å². The first-order valence-corrected chi connectivity index (χ1v) is 7.11. The molecule has 0 spiro atoms. The second-order valence-electron chi connectivity index (χ2n) is 3.99. The van der Waals surface area contributed by atoms with Crippen molar-refractivity contribution in [2.24, 2.45) is 4.99 Å². The molecule has 0 saturated heterocycles. The molecule has 0 aliphatic heterocycles. The monoisotopic (exact) mass is 294 g/mol. The standard InChI is InChI=1S/C13H13NO5S/c15-13-6-5-10-3-1-2-4-11(10)12(13)9-14-7-8-19-20(16,17)18/h1-6,9,15H,7-8H2,(H,16,17,18)/p-1. The van der Waals surface area contributed by atoms with Gasteiger partial charge in [0, 0.05) is 11.8 Å².